The van der Waals surface area contributed by atoms with E-state index in [1.165, 1.54) is 0 Å². The van der Waals surface area contributed by atoms with Gasteiger partial charge in [0.25, 0.3) is 0 Å². The van der Waals surface area contributed by atoms with Crippen LogP contribution < -0.4 is 19.7 Å². The molecule has 0 radical (unpaired) electrons. The lowest BCUT2D eigenvalue weighted by atomic mass is 10.0. The standard InChI is InChI=1S/C26H19N5O2S2/c34-25-29-23(18-7-3-4-12-27-18)24(31(25)16-10-11-20-21(14-16)33-15-32-20)19-8-5-13-30(19)26-28-17-6-1-2-9-22(17)35-26/h1-14,23-24H,15H2,(H,29,34)/t23-,24+/m0/s1. The molecule has 0 unspecified atom stereocenters. The van der Waals surface area contributed by atoms with Gasteiger partial charge in [-0.2, -0.15) is 0 Å². The zero-order valence-electron chi connectivity index (χ0n) is 18.4. The van der Waals surface area contributed by atoms with E-state index in [1.807, 2.05) is 60.8 Å². The van der Waals surface area contributed by atoms with Gasteiger partial charge < -0.3 is 19.7 Å². The molecule has 2 aliphatic rings. The number of fused-ring (bicyclic) bond motifs is 2. The Morgan fingerprint density at radius 3 is 2.74 bits per heavy atom. The summed E-state index contributed by atoms with van der Waals surface area (Å²) in [5.41, 5.74) is 3.89. The molecule has 1 fully saturated rings. The van der Waals surface area contributed by atoms with Crippen LogP contribution in [0, 0.1) is 0 Å². The summed E-state index contributed by atoms with van der Waals surface area (Å²) in [5.74, 6) is 1.45. The number of nitrogens with one attached hydrogen (secondary N) is 1. The van der Waals surface area contributed by atoms with Gasteiger partial charge >= 0.3 is 0 Å². The van der Waals surface area contributed by atoms with E-state index in [1.54, 1.807) is 11.3 Å². The van der Waals surface area contributed by atoms with Gasteiger partial charge in [-0.15, -0.1) is 0 Å². The number of nitrogens with zero attached hydrogens (tertiary/aromatic N) is 4. The summed E-state index contributed by atoms with van der Waals surface area (Å²) in [4.78, 5) is 11.7. The first-order chi connectivity index (χ1) is 17.3. The molecule has 2 atom stereocenters. The average Bonchev–Trinajstić information content (AvgIpc) is 3.68. The van der Waals surface area contributed by atoms with Crippen molar-refractivity contribution in [2.75, 3.05) is 11.7 Å². The van der Waals surface area contributed by atoms with E-state index in [-0.39, 0.29) is 18.9 Å². The number of aromatic nitrogens is 3. The molecule has 2 aromatic carbocycles. The van der Waals surface area contributed by atoms with Crippen LogP contribution in [0.25, 0.3) is 15.3 Å². The van der Waals surface area contributed by atoms with Gasteiger partial charge in [-0.1, -0.05) is 29.5 Å². The molecule has 1 N–H and O–H groups in total. The Kier molecular flexibility index (Phi) is 4.71. The first kappa shape index (κ1) is 20.4. The number of thiazole rings is 1. The summed E-state index contributed by atoms with van der Waals surface area (Å²) in [5, 5.41) is 5.06. The number of thiocarbonyl (C=S) groups is 1. The van der Waals surface area contributed by atoms with E-state index in [4.69, 9.17) is 26.7 Å². The van der Waals surface area contributed by atoms with Gasteiger partial charge in [-0.05, 0) is 60.7 Å². The topological polar surface area (TPSA) is 64.4 Å². The van der Waals surface area contributed by atoms with Crippen molar-refractivity contribution in [3.63, 3.8) is 0 Å². The van der Waals surface area contributed by atoms with Gasteiger partial charge in [-0.3, -0.25) is 9.55 Å². The monoisotopic (exact) mass is 497 g/mol. The summed E-state index contributed by atoms with van der Waals surface area (Å²) in [6, 6.07) is 23.9. The predicted octanol–water partition coefficient (Wildman–Crippen LogP) is 5.39. The molecular formula is C26H19N5O2S2. The molecule has 0 spiro atoms. The molecule has 0 bridgehead atoms. The Labute approximate surface area is 210 Å². The Morgan fingerprint density at radius 2 is 1.86 bits per heavy atom. The number of hydrogen-bond acceptors (Lipinski definition) is 6. The van der Waals surface area contributed by atoms with Crippen LogP contribution in [-0.2, 0) is 0 Å². The first-order valence-electron chi connectivity index (χ1n) is 11.2. The summed E-state index contributed by atoms with van der Waals surface area (Å²) < 4.78 is 14.5. The summed E-state index contributed by atoms with van der Waals surface area (Å²) in [6.45, 7) is 0.224. The van der Waals surface area contributed by atoms with Crippen LogP contribution >= 0.6 is 23.6 Å². The third-order valence-corrected chi connectivity index (χ3v) is 7.65. The largest absolute Gasteiger partial charge is 0.454 e. The van der Waals surface area contributed by atoms with Crippen molar-refractivity contribution < 1.29 is 9.47 Å². The molecule has 1 saturated heterocycles. The molecule has 172 valence electrons. The fourth-order valence-corrected chi connectivity index (χ4v) is 6.06. The molecule has 2 aliphatic heterocycles. The smallest absolute Gasteiger partial charge is 0.231 e. The highest BCUT2D eigenvalue weighted by Crippen LogP contribution is 2.45. The van der Waals surface area contributed by atoms with Gasteiger partial charge in [0.2, 0.25) is 6.79 Å². The lowest BCUT2D eigenvalue weighted by molar-refractivity contribution is 0.174. The van der Waals surface area contributed by atoms with Crippen LogP contribution in [0.2, 0.25) is 0 Å². The first-order valence-corrected chi connectivity index (χ1v) is 12.4. The quantitative estimate of drug-likeness (QED) is 0.334. The van der Waals surface area contributed by atoms with Gasteiger partial charge in [0.1, 0.15) is 6.04 Å². The van der Waals surface area contributed by atoms with Gasteiger partial charge in [0.05, 0.1) is 27.6 Å². The van der Waals surface area contributed by atoms with Crippen LogP contribution in [0.5, 0.6) is 11.5 Å². The number of benzene rings is 2. The lowest BCUT2D eigenvalue weighted by Crippen LogP contribution is -2.30. The molecule has 7 nitrogen and oxygen atoms in total. The number of anilines is 1. The minimum Gasteiger partial charge on any atom is -0.454 e. The van der Waals surface area contributed by atoms with Crippen LogP contribution in [0.3, 0.4) is 0 Å². The van der Waals surface area contributed by atoms with Gasteiger partial charge in [0, 0.05) is 24.1 Å². The maximum atomic E-state index is 5.88. The van der Waals surface area contributed by atoms with Gasteiger partial charge in [-0.25, -0.2) is 4.98 Å². The molecule has 5 heterocycles. The second-order valence-electron chi connectivity index (χ2n) is 8.30. The molecular weight excluding hydrogens is 478 g/mol. The van der Waals surface area contributed by atoms with E-state index >= 15 is 0 Å². The minimum atomic E-state index is -0.167. The second kappa shape index (κ2) is 8.07. The molecule has 0 amide bonds. The number of hydrogen-bond donors (Lipinski definition) is 1. The number of rotatable bonds is 4. The summed E-state index contributed by atoms with van der Waals surface area (Å²) in [6.07, 6.45) is 3.87. The zero-order valence-corrected chi connectivity index (χ0v) is 20.0. The van der Waals surface area contributed by atoms with Crippen molar-refractivity contribution in [1.82, 2.24) is 19.9 Å². The van der Waals surface area contributed by atoms with Crippen molar-refractivity contribution in [3.8, 4) is 16.6 Å². The Hall–Kier alpha value is -3.95. The van der Waals surface area contributed by atoms with E-state index in [9.17, 15) is 0 Å². The number of ether oxygens (including phenoxy) is 2. The Morgan fingerprint density at radius 1 is 0.971 bits per heavy atom. The highest BCUT2D eigenvalue weighted by atomic mass is 32.1. The zero-order chi connectivity index (χ0) is 23.4. The average molecular weight is 498 g/mol. The molecule has 0 aliphatic carbocycles. The van der Waals surface area contributed by atoms with E-state index in [0.717, 1.165) is 38.2 Å². The van der Waals surface area contributed by atoms with E-state index in [0.29, 0.717) is 10.9 Å². The van der Waals surface area contributed by atoms with Crippen molar-refractivity contribution in [1.29, 1.82) is 0 Å². The maximum absolute atomic E-state index is 5.88. The third-order valence-electron chi connectivity index (χ3n) is 6.30. The lowest BCUT2D eigenvalue weighted by Gasteiger charge is -2.28. The predicted molar refractivity (Wildman–Crippen MR) is 139 cm³/mol. The molecule has 0 saturated carbocycles. The molecule has 35 heavy (non-hydrogen) atoms. The minimum absolute atomic E-state index is 0.155. The fourth-order valence-electron chi connectivity index (χ4n) is 4.74. The highest BCUT2D eigenvalue weighted by Gasteiger charge is 2.42. The SMILES string of the molecule is S=C1N[C@@H](c2ccccn2)[C@@H](c2cccn2-c2nc3ccccc3s2)N1c1ccc2c(c1)OCO2. The van der Waals surface area contributed by atoms with Crippen molar-refractivity contribution in [2.24, 2.45) is 0 Å². The van der Waals surface area contributed by atoms with Crippen molar-refractivity contribution >= 4 is 44.6 Å². The molecule has 3 aromatic heterocycles. The molecule has 5 aromatic rings. The third kappa shape index (κ3) is 3.35. The second-order valence-corrected chi connectivity index (χ2v) is 9.70. The Balaban J connectivity index is 1.39. The van der Waals surface area contributed by atoms with Crippen LogP contribution in [-0.4, -0.2) is 26.4 Å². The van der Waals surface area contributed by atoms with Crippen molar-refractivity contribution in [3.05, 3.63) is 96.6 Å². The van der Waals surface area contributed by atoms with Crippen LogP contribution in [0.1, 0.15) is 23.5 Å². The van der Waals surface area contributed by atoms with Crippen molar-refractivity contribution in [2.45, 2.75) is 12.1 Å². The van der Waals surface area contributed by atoms with Crippen LogP contribution in [0.4, 0.5) is 5.69 Å². The molecule has 7 rings (SSSR count). The number of pyridine rings is 1. The van der Waals surface area contributed by atoms with Crippen LogP contribution in [0.15, 0.2) is 85.2 Å². The van der Waals surface area contributed by atoms with E-state index in [2.05, 4.69) is 44.2 Å². The highest BCUT2D eigenvalue weighted by molar-refractivity contribution is 7.80. The normalized spacial score (nSPS) is 18.9. The summed E-state index contributed by atoms with van der Waals surface area (Å²) >= 11 is 7.55. The van der Waals surface area contributed by atoms with E-state index < -0.39 is 0 Å². The van der Waals surface area contributed by atoms with Gasteiger partial charge in [0.15, 0.2) is 21.7 Å². The maximum Gasteiger partial charge on any atom is 0.231 e. The number of para-hydroxylation sites is 1. The molecule has 9 heteroatoms. The summed E-state index contributed by atoms with van der Waals surface area (Å²) in [7, 11) is 0. The fraction of sp³-hybridized carbons (Fsp3) is 0.115. The Bertz CT molecular complexity index is 1530.